The smallest absolute Gasteiger partial charge is 0.311 e. The third-order valence-corrected chi connectivity index (χ3v) is 3.61. The highest BCUT2D eigenvalue weighted by Crippen LogP contribution is 2.19. The first-order valence-electron chi connectivity index (χ1n) is 7.63. The number of rotatable bonds is 9. The van der Waals surface area contributed by atoms with Gasteiger partial charge in [-0.25, -0.2) is 0 Å². The summed E-state index contributed by atoms with van der Waals surface area (Å²) in [6.07, 6.45) is 4.68. The van der Waals surface area contributed by atoms with Gasteiger partial charge >= 0.3 is 5.97 Å². The number of carbonyl (C=O) groups excluding carboxylic acids is 2. The number of hydrogen-bond donors (Lipinski definition) is 0. The van der Waals surface area contributed by atoms with Gasteiger partial charge in [0.05, 0.1) is 12.5 Å². The molecule has 1 saturated heterocycles. The summed E-state index contributed by atoms with van der Waals surface area (Å²) in [5, 5.41) is 0. The second-order valence-corrected chi connectivity index (χ2v) is 5.77. The molecule has 0 aromatic heterocycles. The average molecular weight is 284 g/mol. The van der Waals surface area contributed by atoms with E-state index in [9.17, 15) is 9.59 Å². The molecule has 1 atom stereocenters. The fourth-order valence-electron chi connectivity index (χ4n) is 2.29. The van der Waals surface area contributed by atoms with E-state index in [1.54, 1.807) is 4.90 Å². The highest BCUT2D eigenvalue weighted by molar-refractivity contribution is 5.86. The summed E-state index contributed by atoms with van der Waals surface area (Å²) in [4.78, 5) is 27.5. The molecule has 1 amide bonds. The van der Waals surface area contributed by atoms with Crippen molar-refractivity contribution in [1.82, 2.24) is 9.80 Å². The molecule has 20 heavy (non-hydrogen) atoms. The van der Waals surface area contributed by atoms with Crippen LogP contribution >= 0.6 is 0 Å². The Morgan fingerprint density at radius 3 is 2.75 bits per heavy atom. The summed E-state index contributed by atoms with van der Waals surface area (Å²) in [6.45, 7) is 4.66. The Kier molecular flexibility index (Phi) is 7.59. The van der Waals surface area contributed by atoms with Gasteiger partial charge in [-0.1, -0.05) is 26.2 Å². The average Bonchev–Trinajstić information content (AvgIpc) is 2.77. The van der Waals surface area contributed by atoms with Crippen molar-refractivity contribution in [3.63, 3.8) is 0 Å². The largest absolute Gasteiger partial charge is 0.465 e. The van der Waals surface area contributed by atoms with E-state index in [0.29, 0.717) is 26.1 Å². The van der Waals surface area contributed by atoms with Crippen LogP contribution in [-0.4, -0.2) is 62.0 Å². The van der Waals surface area contributed by atoms with Crippen LogP contribution in [0.1, 0.15) is 39.0 Å². The molecular formula is C15H28N2O3. The normalized spacial score (nSPS) is 18.9. The molecule has 0 aromatic rings. The molecule has 1 fully saturated rings. The van der Waals surface area contributed by atoms with E-state index in [-0.39, 0.29) is 17.8 Å². The van der Waals surface area contributed by atoms with Gasteiger partial charge in [0, 0.05) is 26.1 Å². The third kappa shape index (κ3) is 5.90. The molecule has 1 rings (SSSR count). The summed E-state index contributed by atoms with van der Waals surface area (Å²) in [6, 6.07) is 0. The number of carbonyl (C=O) groups is 2. The molecule has 0 aliphatic carbocycles. The molecule has 0 aromatic carbocycles. The Balaban J connectivity index is 2.23. The van der Waals surface area contributed by atoms with Crippen molar-refractivity contribution in [2.45, 2.75) is 39.0 Å². The van der Waals surface area contributed by atoms with E-state index < -0.39 is 0 Å². The highest BCUT2D eigenvalue weighted by atomic mass is 16.5. The van der Waals surface area contributed by atoms with Crippen molar-refractivity contribution in [3.8, 4) is 0 Å². The maximum Gasteiger partial charge on any atom is 0.311 e. The van der Waals surface area contributed by atoms with Crippen molar-refractivity contribution < 1.29 is 14.3 Å². The second-order valence-electron chi connectivity index (χ2n) is 5.77. The first-order valence-corrected chi connectivity index (χ1v) is 7.63. The maximum absolute atomic E-state index is 11.9. The summed E-state index contributed by atoms with van der Waals surface area (Å²) in [7, 11) is 3.95. The van der Waals surface area contributed by atoms with Crippen LogP contribution in [0.3, 0.4) is 0 Å². The van der Waals surface area contributed by atoms with Gasteiger partial charge in [-0.05, 0) is 20.5 Å². The van der Waals surface area contributed by atoms with Crippen molar-refractivity contribution in [2.75, 3.05) is 40.3 Å². The predicted octanol–water partition coefficient (Wildman–Crippen LogP) is 1.52. The number of ether oxygens (including phenoxy) is 1. The first kappa shape index (κ1) is 17.0. The van der Waals surface area contributed by atoms with Gasteiger partial charge in [0.15, 0.2) is 0 Å². The number of likely N-dealkylation sites (N-methyl/N-ethyl adjacent to an activating group) is 1. The highest BCUT2D eigenvalue weighted by Gasteiger charge is 2.34. The molecule has 1 aliphatic heterocycles. The van der Waals surface area contributed by atoms with E-state index in [4.69, 9.17) is 4.74 Å². The third-order valence-electron chi connectivity index (χ3n) is 3.61. The van der Waals surface area contributed by atoms with E-state index in [2.05, 4.69) is 6.92 Å². The molecule has 0 radical (unpaired) electrons. The summed E-state index contributed by atoms with van der Waals surface area (Å²) >= 11 is 0. The van der Waals surface area contributed by atoms with Gasteiger partial charge in [-0.3, -0.25) is 9.59 Å². The van der Waals surface area contributed by atoms with Crippen molar-refractivity contribution in [1.29, 1.82) is 0 Å². The van der Waals surface area contributed by atoms with E-state index in [0.717, 1.165) is 19.4 Å². The van der Waals surface area contributed by atoms with Crippen LogP contribution in [-0.2, 0) is 14.3 Å². The Morgan fingerprint density at radius 1 is 1.35 bits per heavy atom. The first-order chi connectivity index (χ1) is 9.54. The number of hydrogen-bond acceptors (Lipinski definition) is 4. The van der Waals surface area contributed by atoms with Gasteiger partial charge in [-0.2, -0.15) is 0 Å². The van der Waals surface area contributed by atoms with E-state index >= 15 is 0 Å². The maximum atomic E-state index is 11.9. The molecule has 0 saturated carbocycles. The Hall–Kier alpha value is -1.10. The topological polar surface area (TPSA) is 49.9 Å². The van der Waals surface area contributed by atoms with Crippen LogP contribution in [0.15, 0.2) is 0 Å². The zero-order chi connectivity index (χ0) is 15.0. The minimum atomic E-state index is -0.268. The number of unbranched alkanes of at least 4 members (excludes halogenated alkanes) is 3. The van der Waals surface area contributed by atoms with Gasteiger partial charge in [-0.15, -0.1) is 0 Å². The van der Waals surface area contributed by atoms with Gasteiger partial charge in [0.2, 0.25) is 5.91 Å². The van der Waals surface area contributed by atoms with Gasteiger partial charge in [0.1, 0.15) is 0 Å². The number of likely N-dealkylation sites (tertiary alicyclic amines) is 1. The lowest BCUT2D eigenvalue weighted by Crippen LogP contribution is -2.33. The van der Waals surface area contributed by atoms with Crippen LogP contribution in [0.5, 0.6) is 0 Å². The Bertz CT molecular complexity index is 318. The van der Waals surface area contributed by atoms with Crippen molar-refractivity contribution in [3.05, 3.63) is 0 Å². The van der Waals surface area contributed by atoms with Crippen LogP contribution < -0.4 is 0 Å². The van der Waals surface area contributed by atoms with E-state index in [1.165, 1.54) is 12.8 Å². The molecule has 5 heteroatoms. The Morgan fingerprint density at radius 2 is 2.10 bits per heavy atom. The number of nitrogens with zero attached hydrogens (tertiary/aromatic N) is 2. The quantitative estimate of drug-likeness (QED) is 0.476. The lowest BCUT2D eigenvalue weighted by atomic mass is 10.1. The summed E-state index contributed by atoms with van der Waals surface area (Å²) in [5.41, 5.74) is 0. The lowest BCUT2D eigenvalue weighted by Gasteiger charge is -2.19. The van der Waals surface area contributed by atoms with Crippen LogP contribution in [0, 0.1) is 5.92 Å². The van der Waals surface area contributed by atoms with Gasteiger partial charge < -0.3 is 14.5 Å². The Labute approximate surface area is 122 Å². The van der Waals surface area contributed by atoms with Crippen molar-refractivity contribution >= 4 is 11.9 Å². The number of amides is 1. The monoisotopic (exact) mass is 284 g/mol. The van der Waals surface area contributed by atoms with Crippen LogP contribution in [0.2, 0.25) is 0 Å². The summed E-state index contributed by atoms with van der Waals surface area (Å²) < 4.78 is 5.27. The molecule has 0 spiro atoms. The van der Waals surface area contributed by atoms with E-state index in [1.807, 2.05) is 19.0 Å². The molecule has 1 unspecified atom stereocenters. The predicted molar refractivity (Wildman–Crippen MR) is 78.3 cm³/mol. The number of esters is 1. The SMILES string of the molecule is CCCCCCOC(=O)C1CC(=O)N(CCN(C)C)C1. The molecule has 1 heterocycles. The zero-order valence-corrected chi connectivity index (χ0v) is 13.1. The standard InChI is InChI=1S/C15H28N2O3/c1-4-5-6-7-10-20-15(19)13-11-14(18)17(12-13)9-8-16(2)3/h13H,4-12H2,1-3H3. The molecular weight excluding hydrogens is 256 g/mol. The fourth-order valence-corrected chi connectivity index (χ4v) is 2.29. The second kappa shape index (κ2) is 8.95. The zero-order valence-electron chi connectivity index (χ0n) is 13.1. The summed E-state index contributed by atoms with van der Waals surface area (Å²) in [5.74, 6) is -0.405. The molecule has 5 nitrogen and oxygen atoms in total. The minimum Gasteiger partial charge on any atom is -0.465 e. The van der Waals surface area contributed by atoms with Crippen molar-refractivity contribution in [2.24, 2.45) is 5.92 Å². The van der Waals surface area contributed by atoms with Crippen LogP contribution in [0.25, 0.3) is 0 Å². The van der Waals surface area contributed by atoms with Gasteiger partial charge in [0.25, 0.3) is 0 Å². The lowest BCUT2D eigenvalue weighted by molar-refractivity contribution is -0.148. The fraction of sp³-hybridized carbons (Fsp3) is 0.867. The molecule has 116 valence electrons. The molecule has 0 N–H and O–H groups in total. The molecule has 0 bridgehead atoms. The molecule has 1 aliphatic rings. The van der Waals surface area contributed by atoms with Crippen LogP contribution in [0.4, 0.5) is 0 Å². The minimum absolute atomic E-state index is 0.0692.